The molecule has 0 bridgehead atoms. The molecule has 2 N–H and O–H groups in total. The van der Waals surface area contributed by atoms with Crippen molar-refractivity contribution < 1.29 is 0 Å². The van der Waals surface area contributed by atoms with Gasteiger partial charge in [-0.1, -0.05) is 45.3 Å². The number of unbranched alkanes of at least 4 members (excludes halogenated alkanes) is 4. The molecule has 0 fully saturated rings. The number of allylic oxidation sites excluding steroid dienone is 2. The smallest absolute Gasteiger partial charge is 0.0165 e. The molecule has 0 atom stereocenters. The summed E-state index contributed by atoms with van der Waals surface area (Å²) in [5, 5.41) is 0. The zero-order valence-electron chi connectivity index (χ0n) is 14.5. The lowest BCUT2D eigenvalue weighted by molar-refractivity contribution is 0.109. The second-order valence-corrected chi connectivity index (χ2v) is 6.42. The van der Waals surface area contributed by atoms with E-state index in [1.165, 1.54) is 51.6 Å². The molecule has 0 rings (SSSR count). The molecule has 0 aromatic rings. The fourth-order valence-electron chi connectivity index (χ4n) is 2.64. The van der Waals surface area contributed by atoms with Crippen LogP contribution in [0.4, 0.5) is 0 Å². The highest BCUT2D eigenvalue weighted by Gasteiger charge is 2.24. The summed E-state index contributed by atoms with van der Waals surface area (Å²) in [5.41, 5.74) is 6.03. The van der Waals surface area contributed by atoms with Gasteiger partial charge < -0.3 is 5.73 Å². The summed E-state index contributed by atoms with van der Waals surface area (Å²) in [4.78, 5) is 2.66. The molecule has 0 aromatic carbocycles. The first-order valence-corrected chi connectivity index (χ1v) is 8.68. The van der Waals surface area contributed by atoms with Crippen molar-refractivity contribution >= 4 is 0 Å². The van der Waals surface area contributed by atoms with E-state index in [0.29, 0.717) is 0 Å². The molecule has 0 aromatic heterocycles. The topological polar surface area (TPSA) is 29.3 Å². The molecule has 0 heterocycles. The van der Waals surface area contributed by atoms with E-state index in [-0.39, 0.29) is 5.54 Å². The lowest BCUT2D eigenvalue weighted by Crippen LogP contribution is -2.46. The van der Waals surface area contributed by atoms with Gasteiger partial charge in [0.1, 0.15) is 0 Å². The van der Waals surface area contributed by atoms with Crippen LogP contribution in [0.2, 0.25) is 0 Å². The molecule has 0 amide bonds. The average Bonchev–Trinajstić information content (AvgIpc) is 2.40. The normalized spacial score (nSPS) is 12.7. The summed E-state index contributed by atoms with van der Waals surface area (Å²) in [7, 11) is 0. The van der Waals surface area contributed by atoms with E-state index in [2.05, 4.69) is 44.7 Å². The van der Waals surface area contributed by atoms with Crippen LogP contribution in [0.3, 0.4) is 0 Å². The fraction of sp³-hybridized carbons (Fsp3) is 0.889. The number of rotatable bonds is 13. The van der Waals surface area contributed by atoms with Gasteiger partial charge in [0, 0.05) is 5.54 Å². The fourth-order valence-corrected chi connectivity index (χ4v) is 2.64. The van der Waals surface area contributed by atoms with Crippen LogP contribution in [0.25, 0.3) is 0 Å². The minimum atomic E-state index is 0.245. The van der Waals surface area contributed by atoms with Crippen molar-refractivity contribution in [2.45, 2.75) is 84.6 Å². The predicted octanol–water partition coefficient (Wildman–Crippen LogP) is 4.74. The Hall–Kier alpha value is -0.340. The Morgan fingerprint density at radius 2 is 1.65 bits per heavy atom. The second kappa shape index (κ2) is 12.4. The van der Waals surface area contributed by atoms with E-state index in [1.54, 1.807) is 0 Å². The highest BCUT2D eigenvalue weighted by atomic mass is 15.2. The summed E-state index contributed by atoms with van der Waals surface area (Å²) in [5.74, 6) is 0. The molecular weight excluding hydrogens is 244 g/mol. The molecule has 0 unspecified atom stereocenters. The van der Waals surface area contributed by atoms with Crippen molar-refractivity contribution in [3.05, 3.63) is 12.2 Å². The van der Waals surface area contributed by atoms with Crippen molar-refractivity contribution in [1.29, 1.82) is 0 Å². The summed E-state index contributed by atoms with van der Waals surface area (Å²) in [6.45, 7) is 12.4. The maximum absolute atomic E-state index is 5.79. The highest BCUT2D eigenvalue weighted by Crippen LogP contribution is 2.20. The van der Waals surface area contributed by atoms with E-state index in [0.717, 1.165) is 19.4 Å². The SMILES string of the molecule is CCC=CCCCN(CCCCCC)C(C)(C)CCN. The zero-order chi connectivity index (χ0) is 15.3. The van der Waals surface area contributed by atoms with E-state index in [4.69, 9.17) is 5.73 Å². The van der Waals surface area contributed by atoms with Crippen LogP contribution < -0.4 is 5.73 Å². The Labute approximate surface area is 127 Å². The first-order chi connectivity index (χ1) is 9.58. The molecule has 120 valence electrons. The van der Waals surface area contributed by atoms with Gasteiger partial charge in [-0.25, -0.2) is 0 Å². The number of hydrogen-bond donors (Lipinski definition) is 1. The Kier molecular flexibility index (Phi) is 12.2. The standard InChI is InChI=1S/C18H38N2/c1-5-7-9-11-13-17-20(16-12-10-8-6-2)18(3,4)14-15-19/h7,9H,5-6,8,10-17,19H2,1-4H3. The average molecular weight is 283 g/mol. The molecular formula is C18H38N2. The molecule has 0 aliphatic carbocycles. The Bertz CT molecular complexity index is 234. The molecule has 2 heteroatoms. The van der Waals surface area contributed by atoms with Gasteiger partial charge in [-0.2, -0.15) is 0 Å². The first kappa shape index (κ1) is 19.7. The van der Waals surface area contributed by atoms with Crippen LogP contribution in [-0.4, -0.2) is 30.1 Å². The summed E-state index contributed by atoms with van der Waals surface area (Å²) in [6, 6.07) is 0. The molecule has 2 nitrogen and oxygen atoms in total. The number of nitrogens with two attached hydrogens (primary N) is 1. The number of nitrogens with zero attached hydrogens (tertiary/aromatic N) is 1. The van der Waals surface area contributed by atoms with Gasteiger partial charge in [-0.05, 0) is 65.6 Å². The lowest BCUT2D eigenvalue weighted by Gasteiger charge is -2.39. The molecule has 0 aliphatic rings. The third-order valence-corrected chi connectivity index (χ3v) is 4.09. The summed E-state index contributed by atoms with van der Waals surface area (Å²) >= 11 is 0. The number of hydrogen-bond acceptors (Lipinski definition) is 2. The van der Waals surface area contributed by atoms with Crippen molar-refractivity contribution in [3.63, 3.8) is 0 Å². The van der Waals surface area contributed by atoms with Gasteiger partial charge in [-0.15, -0.1) is 0 Å². The molecule has 20 heavy (non-hydrogen) atoms. The summed E-state index contributed by atoms with van der Waals surface area (Å²) in [6.07, 6.45) is 14.7. The van der Waals surface area contributed by atoms with E-state index >= 15 is 0 Å². The second-order valence-electron chi connectivity index (χ2n) is 6.42. The zero-order valence-corrected chi connectivity index (χ0v) is 14.5. The molecule has 0 aliphatic heterocycles. The van der Waals surface area contributed by atoms with E-state index < -0.39 is 0 Å². The minimum Gasteiger partial charge on any atom is -0.330 e. The lowest BCUT2D eigenvalue weighted by atomic mass is 9.96. The third-order valence-electron chi connectivity index (χ3n) is 4.09. The van der Waals surface area contributed by atoms with Gasteiger partial charge in [0.2, 0.25) is 0 Å². The maximum Gasteiger partial charge on any atom is 0.0165 e. The van der Waals surface area contributed by atoms with Crippen LogP contribution in [0, 0.1) is 0 Å². The van der Waals surface area contributed by atoms with Crippen molar-refractivity contribution in [2.75, 3.05) is 19.6 Å². The van der Waals surface area contributed by atoms with Gasteiger partial charge in [0.25, 0.3) is 0 Å². The largest absolute Gasteiger partial charge is 0.330 e. The molecule has 0 radical (unpaired) electrons. The molecule has 0 spiro atoms. The van der Waals surface area contributed by atoms with Crippen molar-refractivity contribution in [1.82, 2.24) is 4.90 Å². The third kappa shape index (κ3) is 9.55. The summed E-state index contributed by atoms with van der Waals surface area (Å²) < 4.78 is 0. The minimum absolute atomic E-state index is 0.245. The Morgan fingerprint density at radius 1 is 0.950 bits per heavy atom. The van der Waals surface area contributed by atoms with Crippen LogP contribution in [0.5, 0.6) is 0 Å². The monoisotopic (exact) mass is 282 g/mol. The van der Waals surface area contributed by atoms with Crippen LogP contribution in [0.15, 0.2) is 12.2 Å². The molecule has 0 saturated carbocycles. The van der Waals surface area contributed by atoms with Crippen molar-refractivity contribution in [3.8, 4) is 0 Å². The van der Waals surface area contributed by atoms with Gasteiger partial charge >= 0.3 is 0 Å². The van der Waals surface area contributed by atoms with E-state index in [1.807, 2.05) is 0 Å². The van der Waals surface area contributed by atoms with Crippen LogP contribution in [0.1, 0.15) is 79.1 Å². The predicted molar refractivity (Wildman–Crippen MR) is 92.1 cm³/mol. The van der Waals surface area contributed by atoms with Crippen LogP contribution in [-0.2, 0) is 0 Å². The van der Waals surface area contributed by atoms with Gasteiger partial charge in [0.15, 0.2) is 0 Å². The van der Waals surface area contributed by atoms with Gasteiger partial charge in [-0.3, -0.25) is 4.90 Å². The Morgan fingerprint density at radius 3 is 2.25 bits per heavy atom. The van der Waals surface area contributed by atoms with Crippen molar-refractivity contribution in [2.24, 2.45) is 5.73 Å². The molecule has 0 saturated heterocycles. The maximum atomic E-state index is 5.79. The first-order valence-electron chi connectivity index (χ1n) is 8.68. The van der Waals surface area contributed by atoms with Gasteiger partial charge in [0.05, 0.1) is 0 Å². The Balaban J connectivity index is 4.20. The van der Waals surface area contributed by atoms with Crippen LogP contribution >= 0.6 is 0 Å². The quantitative estimate of drug-likeness (QED) is 0.390. The highest BCUT2D eigenvalue weighted by molar-refractivity contribution is 4.84. The van der Waals surface area contributed by atoms with E-state index in [9.17, 15) is 0 Å².